The fraction of sp³-hybridized carbons (Fsp3) is 0. The molecule has 0 spiro atoms. The second-order valence-electron chi connectivity index (χ2n) is 0.428. The smallest absolute Gasteiger partial charge is 1.00 e. The first-order valence-corrected chi connectivity index (χ1v) is 2.05. The first-order valence-electron chi connectivity index (χ1n) is 0.683. The van der Waals surface area contributed by atoms with Crippen LogP contribution in [0.25, 0.3) is 0 Å². The molecule has 1 N–H and O–H groups in total. The van der Waals surface area contributed by atoms with Crippen molar-refractivity contribution in [1.82, 2.24) is 0 Å². The topological polar surface area (TPSA) is 77.4 Å². The Balaban J connectivity index is -0.0000000267. The van der Waals surface area contributed by atoms with E-state index in [-0.39, 0.29) is 85.6 Å². The molecule has 0 saturated heterocycles. The van der Waals surface area contributed by atoms with Gasteiger partial charge in [-0.15, -0.1) is 0 Å². The van der Waals surface area contributed by atoms with Crippen molar-refractivity contribution in [2.75, 3.05) is 0 Å². The Hall–Kier alpha value is 2.44. The maximum Gasteiger partial charge on any atom is 1.00 e. The molecule has 0 amide bonds. The summed E-state index contributed by atoms with van der Waals surface area (Å²) in [6.45, 7) is 0. The molecule has 0 fully saturated rings. The van der Waals surface area contributed by atoms with E-state index in [1.807, 2.05) is 0 Å². The van der Waals surface area contributed by atoms with E-state index >= 15 is 0 Å². The van der Waals surface area contributed by atoms with Crippen molar-refractivity contribution in [3.05, 3.63) is 0 Å². The van der Waals surface area contributed by atoms with Gasteiger partial charge in [-0.3, -0.25) is 4.55 Å². The molecule has 40 valence electrons. The summed E-state index contributed by atoms with van der Waals surface area (Å²) in [6.07, 6.45) is 0. The molecule has 0 atom stereocenters. The molecule has 8 heavy (non-hydrogen) atoms. The quantitative estimate of drug-likeness (QED) is 0.227. The molecule has 0 aromatic heterocycles. The van der Waals surface area contributed by atoms with Crippen molar-refractivity contribution < 1.29 is 103 Å². The Morgan fingerprint density at radius 3 is 1.38 bits per heavy atom. The van der Waals surface area contributed by atoms with Crippen LogP contribution in [0.2, 0.25) is 0 Å². The van der Waals surface area contributed by atoms with Gasteiger partial charge in [0, 0.05) is 0 Å². The molecule has 0 radical (unpaired) electrons. The summed E-state index contributed by atoms with van der Waals surface area (Å²) in [7, 11) is -4.92. The minimum Gasteiger partial charge on any atom is -1.00 e. The van der Waals surface area contributed by atoms with E-state index in [4.69, 9.17) is 17.5 Å². The van der Waals surface area contributed by atoms with Crippen LogP contribution >= 0.6 is 0 Å². The zero-order chi connectivity index (χ0) is 4.50. The average molecular weight is 178 g/mol. The molecule has 0 aromatic carbocycles. The first-order chi connectivity index (χ1) is 2.00. The summed E-state index contributed by atoms with van der Waals surface area (Å²) >= 11 is 0. The number of hydrogen-bond donors (Lipinski definition) is 1. The van der Waals surface area contributed by atoms with Crippen LogP contribution < -0.4 is 85.6 Å². The van der Waals surface area contributed by atoms with Crippen molar-refractivity contribution in [3.8, 4) is 0 Å². The van der Waals surface area contributed by atoms with Crippen molar-refractivity contribution in [2.24, 2.45) is 0 Å². The van der Waals surface area contributed by atoms with Crippen LogP contribution in [0.1, 0.15) is 0 Å². The van der Waals surface area contributed by atoms with Crippen LogP contribution in [0.4, 0.5) is 0 Å². The predicted octanol–water partition coefficient (Wildman–Crippen LogP) is -9.98. The summed E-state index contributed by atoms with van der Waals surface area (Å²) in [6, 6.07) is 0. The van der Waals surface area contributed by atoms with Crippen LogP contribution in [0, 0.1) is 0 Å². The minimum atomic E-state index is -4.92. The molecular formula is HFKNaO4S. The molecule has 0 aromatic rings. The summed E-state index contributed by atoms with van der Waals surface area (Å²) in [5.74, 6) is 0. The molecule has 0 aliphatic rings. The fourth-order valence-corrected chi connectivity index (χ4v) is 0. The molecule has 0 bridgehead atoms. The van der Waals surface area contributed by atoms with E-state index in [1.165, 1.54) is 0 Å². The number of rotatable bonds is 0. The Bertz CT molecular complexity index is 99.2. The maximum atomic E-state index is 8.63. The van der Waals surface area contributed by atoms with Crippen LogP contribution in [-0.2, 0) is 10.4 Å². The Morgan fingerprint density at radius 2 is 1.38 bits per heavy atom. The van der Waals surface area contributed by atoms with E-state index in [0.29, 0.717) is 0 Å². The Morgan fingerprint density at radius 1 is 1.38 bits per heavy atom. The largest absolute Gasteiger partial charge is 1.00 e. The third-order valence-electron chi connectivity index (χ3n) is 0. The van der Waals surface area contributed by atoms with Crippen molar-refractivity contribution >= 4 is 10.4 Å². The van der Waals surface area contributed by atoms with Gasteiger partial charge >= 0.3 is 80.9 Å². The molecule has 0 heterocycles. The zero-order valence-electron chi connectivity index (χ0n) is 4.46. The van der Waals surface area contributed by atoms with Gasteiger partial charge in [0.1, 0.15) is 0 Å². The van der Waals surface area contributed by atoms with Crippen LogP contribution in [0.5, 0.6) is 0 Å². The molecular weight excluding hydrogens is 177 g/mol. The maximum absolute atomic E-state index is 8.63. The summed E-state index contributed by atoms with van der Waals surface area (Å²) in [4.78, 5) is 0. The van der Waals surface area contributed by atoms with Gasteiger partial charge in [0.25, 0.3) is 0 Å². The van der Waals surface area contributed by atoms with Gasteiger partial charge in [-0.05, 0) is 0 Å². The molecule has 4 nitrogen and oxygen atoms in total. The third kappa shape index (κ3) is 78.6. The monoisotopic (exact) mass is 178 g/mol. The van der Waals surface area contributed by atoms with E-state index in [2.05, 4.69) is 0 Å². The molecule has 8 heteroatoms. The van der Waals surface area contributed by atoms with Crippen molar-refractivity contribution in [2.45, 2.75) is 0 Å². The number of hydrogen-bond acceptors (Lipinski definition) is 3. The molecule has 0 aliphatic carbocycles. The summed E-state index contributed by atoms with van der Waals surface area (Å²) in [5, 5.41) is 0. The van der Waals surface area contributed by atoms with Gasteiger partial charge in [0.05, 0.1) is 0 Å². The SMILES string of the molecule is O=S(=O)([O-])O.[F-].[K+].[Na+]. The first kappa shape index (κ1) is 22.4. The summed E-state index contributed by atoms with van der Waals surface area (Å²) < 4.78 is 32.8. The van der Waals surface area contributed by atoms with Gasteiger partial charge in [0.2, 0.25) is 10.4 Å². The molecule has 0 aliphatic heterocycles. The Kier molecular flexibility index (Phi) is 26.5. The molecule has 0 rings (SSSR count). The van der Waals surface area contributed by atoms with Crippen molar-refractivity contribution in [3.63, 3.8) is 0 Å². The van der Waals surface area contributed by atoms with Gasteiger partial charge in [-0.25, -0.2) is 8.42 Å². The molecule has 0 saturated carbocycles. The second kappa shape index (κ2) is 9.44. The van der Waals surface area contributed by atoms with Crippen LogP contribution in [-0.4, -0.2) is 17.5 Å². The van der Waals surface area contributed by atoms with E-state index in [1.54, 1.807) is 0 Å². The van der Waals surface area contributed by atoms with E-state index in [0.717, 1.165) is 0 Å². The van der Waals surface area contributed by atoms with Gasteiger partial charge in [-0.2, -0.15) is 0 Å². The standard InChI is InChI=1S/FH.K.Na.H2O4S/c;;;1-5(2,3)4/h1H;;;(H2,1,2,3,4)/q;2*+1;/p-2. The normalized spacial score (nSPS) is 7.25. The van der Waals surface area contributed by atoms with Crippen molar-refractivity contribution in [1.29, 1.82) is 0 Å². The Labute approximate surface area is 111 Å². The van der Waals surface area contributed by atoms with Gasteiger partial charge in [0.15, 0.2) is 0 Å². The summed E-state index contributed by atoms with van der Waals surface area (Å²) in [5.41, 5.74) is 0. The molecule has 0 unspecified atom stereocenters. The van der Waals surface area contributed by atoms with Crippen LogP contribution in [0.15, 0.2) is 0 Å². The third-order valence-corrected chi connectivity index (χ3v) is 0. The van der Waals surface area contributed by atoms with Gasteiger partial charge < -0.3 is 9.26 Å². The average Bonchev–Trinajstić information content (AvgIpc) is 0.722. The minimum absolute atomic E-state index is 0. The fourth-order valence-electron chi connectivity index (χ4n) is 0. The van der Waals surface area contributed by atoms with E-state index < -0.39 is 10.4 Å². The van der Waals surface area contributed by atoms with Crippen LogP contribution in [0.3, 0.4) is 0 Å². The van der Waals surface area contributed by atoms with E-state index in [9.17, 15) is 0 Å². The zero-order valence-corrected chi connectivity index (χ0v) is 10.4. The number of halogens is 1. The second-order valence-corrected chi connectivity index (χ2v) is 1.28. The van der Waals surface area contributed by atoms with Gasteiger partial charge in [-0.1, -0.05) is 0 Å². The predicted molar refractivity (Wildman–Crippen MR) is 12.3 cm³/mol.